The van der Waals surface area contributed by atoms with Gasteiger partial charge in [-0.05, 0) is 36.2 Å². The second-order valence-corrected chi connectivity index (χ2v) is 7.60. The number of fused-ring (bicyclic) bond motifs is 1. The van der Waals surface area contributed by atoms with Crippen molar-refractivity contribution in [2.45, 2.75) is 20.1 Å². The van der Waals surface area contributed by atoms with Crippen molar-refractivity contribution in [2.75, 3.05) is 0 Å². The quantitative estimate of drug-likeness (QED) is 0.200. The summed E-state index contributed by atoms with van der Waals surface area (Å²) in [6, 6.07) is 22.3. The molecule has 0 saturated heterocycles. The molecule has 7 heteroatoms. The van der Waals surface area contributed by atoms with Gasteiger partial charge in [-0.2, -0.15) is 0 Å². The molecule has 1 heterocycles. The Labute approximate surface area is 184 Å². The van der Waals surface area contributed by atoms with Crippen LogP contribution in [0, 0.1) is 17.0 Å². The molecule has 0 fully saturated rings. The van der Waals surface area contributed by atoms with Crippen LogP contribution in [0.1, 0.15) is 22.4 Å². The molecule has 0 saturated carbocycles. The summed E-state index contributed by atoms with van der Waals surface area (Å²) in [6.07, 6.45) is 1.70. The summed E-state index contributed by atoms with van der Waals surface area (Å²) in [7, 11) is 0. The average Bonchev–Trinajstić information content (AvgIpc) is 3.04. The van der Waals surface area contributed by atoms with Crippen LogP contribution in [0.25, 0.3) is 10.9 Å². The number of nitro groups is 1. The highest BCUT2D eigenvalue weighted by Crippen LogP contribution is 2.26. The van der Waals surface area contributed by atoms with Crippen molar-refractivity contribution in [3.63, 3.8) is 0 Å². The highest BCUT2D eigenvalue weighted by molar-refractivity contribution is 6.30. The Morgan fingerprint density at radius 2 is 1.84 bits per heavy atom. The first kappa shape index (κ1) is 20.6. The third-order valence-corrected chi connectivity index (χ3v) is 5.39. The van der Waals surface area contributed by atoms with Crippen molar-refractivity contribution in [3.05, 3.63) is 110 Å². The van der Waals surface area contributed by atoms with Gasteiger partial charge in [0.25, 0.3) is 5.69 Å². The predicted molar refractivity (Wildman–Crippen MR) is 123 cm³/mol. The van der Waals surface area contributed by atoms with Gasteiger partial charge >= 0.3 is 0 Å². The van der Waals surface area contributed by atoms with E-state index in [0.29, 0.717) is 17.1 Å². The Kier molecular flexibility index (Phi) is 6.00. The lowest BCUT2D eigenvalue weighted by atomic mass is 10.1. The molecule has 4 aromatic rings. The maximum atomic E-state index is 10.9. The first-order chi connectivity index (χ1) is 15.0. The molecule has 0 aliphatic heterocycles. The molecule has 0 aliphatic rings. The van der Waals surface area contributed by atoms with Gasteiger partial charge in [-0.1, -0.05) is 59.2 Å². The molecule has 0 unspecified atom stereocenters. The third kappa shape index (κ3) is 4.59. The van der Waals surface area contributed by atoms with E-state index in [1.165, 1.54) is 12.1 Å². The van der Waals surface area contributed by atoms with Gasteiger partial charge in [0, 0.05) is 45.9 Å². The summed E-state index contributed by atoms with van der Waals surface area (Å²) in [5.74, 6) is 0. The van der Waals surface area contributed by atoms with E-state index in [2.05, 4.69) is 28.8 Å². The first-order valence-electron chi connectivity index (χ1n) is 9.74. The van der Waals surface area contributed by atoms with E-state index in [-0.39, 0.29) is 12.3 Å². The van der Waals surface area contributed by atoms with Crippen LogP contribution in [-0.4, -0.2) is 15.7 Å². The molecule has 0 atom stereocenters. The molecular weight excluding hydrogens is 414 g/mol. The summed E-state index contributed by atoms with van der Waals surface area (Å²) in [4.78, 5) is 15.9. The van der Waals surface area contributed by atoms with Crippen LogP contribution in [-0.2, 0) is 18.0 Å². The lowest BCUT2D eigenvalue weighted by Gasteiger charge is -2.09. The molecule has 0 bridgehead atoms. The van der Waals surface area contributed by atoms with Gasteiger partial charge in [0.1, 0.15) is 6.61 Å². The van der Waals surface area contributed by atoms with Crippen LogP contribution in [0.15, 0.2) is 78.0 Å². The highest BCUT2D eigenvalue weighted by atomic mass is 35.5. The van der Waals surface area contributed by atoms with Crippen molar-refractivity contribution >= 4 is 34.4 Å². The van der Waals surface area contributed by atoms with E-state index in [1.54, 1.807) is 18.3 Å². The Balaban J connectivity index is 1.56. The van der Waals surface area contributed by atoms with E-state index in [9.17, 15) is 10.1 Å². The number of nitro benzene ring substituents is 1. The van der Waals surface area contributed by atoms with Crippen LogP contribution in [0.3, 0.4) is 0 Å². The monoisotopic (exact) mass is 433 g/mol. The van der Waals surface area contributed by atoms with Gasteiger partial charge in [0.05, 0.1) is 11.1 Å². The van der Waals surface area contributed by atoms with Gasteiger partial charge in [-0.15, -0.1) is 0 Å². The number of halogens is 1. The SMILES string of the molecule is Cc1c(/C=N\OCc2cccc([N+](=O)[O-])c2)c2ccccc2n1Cc1ccc(Cl)cc1. The molecule has 0 aliphatic carbocycles. The fraction of sp³-hybridized carbons (Fsp3) is 0.125. The normalized spacial score (nSPS) is 11.3. The van der Waals surface area contributed by atoms with Crippen LogP contribution in [0.4, 0.5) is 5.69 Å². The fourth-order valence-electron chi connectivity index (χ4n) is 3.56. The van der Waals surface area contributed by atoms with E-state index >= 15 is 0 Å². The van der Waals surface area contributed by atoms with Gasteiger partial charge in [0.15, 0.2) is 0 Å². The number of hydrogen-bond acceptors (Lipinski definition) is 4. The fourth-order valence-corrected chi connectivity index (χ4v) is 3.68. The lowest BCUT2D eigenvalue weighted by Crippen LogP contribution is -2.02. The maximum absolute atomic E-state index is 10.9. The maximum Gasteiger partial charge on any atom is 0.269 e. The Bertz CT molecular complexity index is 1260. The summed E-state index contributed by atoms with van der Waals surface area (Å²) < 4.78 is 2.24. The number of non-ortho nitro benzene ring substituents is 1. The summed E-state index contributed by atoms with van der Waals surface area (Å²) >= 11 is 6.01. The number of benzene rings is 3. The van der Waals surface area contributed by atoms with Crippen molar-refractivity contribution in [3.8, 4) is 0 Å². The van der Waals surface area contributed by atoms with E-state index in [0.717, 1.165) is 27.7 Å². The lowest BCUT2D eigenvalue weighted by molar-refractivity contribution is -0.384. The van der Waals surface area contributed by atoms with Gasteiger partial charge in [-0.3, -0.25) is 10.1 Å². The summed E-state index contributed by atoms with van der Waals surface area (Å²) in [6.45, 7) is 2.92. The predicted octanol–water partition coefficient (Wildman–Crippen LogP) is 6.11. The number of para-hydroxylation sites is 1. The largest absolute Gasteiger partial charge is 0.391 e. The topological polar surface area (TPSA) is 69.7 Å². The minimum atomic E-state index is -0.425. The minimum Gasteiger partial charge on any atom is -0.391 e. The van der Waals surface area contributed by atoms with Gasteiger partial charge in [-0.25, -0.2) is 0 Å². The number of aromatic nitrogens is 1. The number of oxime groups is 1. The summed E-state index contributed by atoms with van der Waals surface area (Å²) in [5.41, 5.74) is 5.02. The number of nitrogens with zero attached hydrogens (tertiary/aromatic N) is 3. The second-order valence-electron chi connectivity index (χ2n) is 7.16. The Hall–Kier alpha value is -3.64. The van der Waals surface area contributed by atoms with Crippen LogP contribution in [0.5, 0.6) is 0 Å². The van der Waals surface area contributed by atoms with Crippen molar-refractivity contribution in [1.29, 1.82) is 0 Å². The molecule has 6 nitrogen and oxygen atoms in total. The molecule has 0 radical (unpaired) electrons. The number of hydrogen-bond donors (Lipinski definition) is 0. The zero-order chi connectivity index (χ0) is 21.8. The third-order valence-electron chi connectivity index (χ3n) is 5.14. The molecule has 0 N–H and O–H groups in total. The molecule has 0 amide bonds. The second kappa shape index (κ2) is 9.02. The zero-order valence-electron chi connectivity index (χ0n) is 16.9. The Morgan fingerprint density at radius 3 is 2.61 bits per heavy atom. The first-order valence-corrected chi connectivity index (χ1v) is 10.1. The van der Waals surface area contributed by atoms with Crippen LogP contribution >= 0.6 is 11.6 Å². The molecule has 0 spiro atoms. The van der Waals surface area contributed by atoms with Gasteiger partial charge in [0.2, 0.25) is 0 Å². The van der Waals surface area contributed by atoms with Crippen molar-refractivity contribution in [1.82, 2.24) is 4.57 Å². The molecule has 3 aromatic carbocycles. The van der Waals surface area contributed by atoms with Crippen molar-refractivity contribution in [2.24, 2.45) is 5.16 Å². The minimum absolute atomic E-state index is 0.0335. The smallest absolute Gasteiger partial charge is 0.269 e. The highest BCUT2D eigenvalue weighted by Gasteiger charge is 2.13. The van der Waals surface area contributed by atoms with E-state index < -0.39 is 4.92 Å². The average molecular weight is 434 g/mol. The van der Waals surface area contributed by atoms with E-state index in [4.69, 9.17) is 16.4 Å². The molecule has 1 aromatic heterocycles. The van der Waals surface area contributed by atoms with E-state index in [1.807, 2.05) is 36.4 Å². The Morgan fingerprint density at radius 1 is 1.06 bits per heavy atom. The number of rotatable bonds is 7. The van der Waals surface area contributed by atoms with Crippen molar-refractivity contribution < 1.29 is 9.76 Å². The van der Waals surface area contributed by atoms with Gasteiger partial charge < -0.3 is 9.40 Å². The molecule has 31 heavy (non-hydrogen) atoms. The molecule has 4 rings (SSSR count). The van der Waals surface area contributed by atoms with Crippen LogP contribution < -0.4 is 0 Å². The molecular formula is C24H20ClN3O3. The molecule has 156 valence electrons. The standard InChI is InChI=1S/C24H20ClN3O3/c1-17-23(14-26-31-16-19-5-4-6-21(13-19)28(29)30)22-7-2-3-8-24(22)27(17)15-18-9-11-20(25)12-10-18/h2-14H,15-16H2,1H3/b26-14-. The van der Waals surface area contributed by atoms with Crippen LogP contribution in [0.2, 0.25) is 5.02 Å². The summed E-state index contributed by atoms with van der Waals surface area (Å²) in [5, 5.41) is 16.8. The zero-order valence-corrected chi connectivity index (χ0v) is 17.6.